The van der Waals surface area contributed by atoms with E-state index in [1.54, 1.807) is 53.2 Å². The molecule has 0 bridgehead atoms. The van der Waals surface area contributed by atoms with Crippen LogP contribution in [0.1, 0.15) is 17.4 Å². The highest BCUT2D eigenvalue weighted by atomic mass is 35.5. The van der Waals surface area contributed by atoms with Gasteiger partial charge in [0.1, 0.15) is 30.0 Å². The summed E-state index contributed by atoms with van der Waals surface area (Å²) in [6.45, 7) is 4.23. The molecule has 2 aromatic carbocycles. The van der Waals surface area contributed by atoms with Crippen LogP contribution in [-0.2, 0) is 27.4 Å². The van der Waals surface area contributed by atoms with E-state index in [4.69, 9.17) is 66.3 Å². The zero-order valence-corrected chi connectivity index (χ0v) is 23.5. The standard InChI is InChI=1S/C27H24Cl4N4O4/c1-2-27(36)23(38-12-16-4-6-18(29)10-21(16)31)22(13-37-11-15-3-5-17(28)9-20(15)30)39-26(27)35-8-7-19-24(32)33-14-34-25(19)35/h2-10,14,22-23,26,36H,1,11-13H2,(H2,32,33,34)/t22-,23-,26-,27-/m1/s1. The number of anilines is 1. The number of hydrogen-bond donors (Lipinski definition) is 2. The van der Waals surface area contributed by atoms with E-state index in [-0.39, 0.29) is 19.8 Å². The molecule has 1 saturated heterocycles. The second-order valence-corrected chi connectivity index (χ2v) is 10.7. The molecule has 0 aliphatic carbocycles. The molecule has 39 heavy (non-hydrogen) atoms. The highest BCUT2D eigenvalue weighted by Crippen LogP contribution is 2.43. The summed E-state index contributed by atoms with van der Waals surface area (Å²) in [5.74, 6) is 0.309. The third kappa shape index (κ3) is 5.62. The molecule has 1 aliphatic heterocycles. The van der Waals surface area contributed by atoms with Crippen LogP contribution >= 0.6 is 46.4 Å². The summed E-state index contributed by atoms with van der Waals surface area (Å²) in [7, 11) is 0. The fourth-order valence-electron chi connectivity index (χ4n) is 4.58. The Labute approximate surface area is 244 Å². The molecular weight excluding hydrogens is 586 g/mol. The number of aromatic nitrogens is 3. The van der Waals surface area contributed by atoms with Gasteiger partial charge in [0.2, 0.25) is 0 Å². The van der Waals surface area contributed by atoms with Gasteiger partial charge in [0, 0.05) is 26.3 Å². The smallest absolute Gasteiger partial charge is 0.171 e. The summed E-state index contributed by atoms with van der Waals surface area (Å²) in [6.07, 6.45) is 1.90. The van der Waals surface area contributed by atoms with Gasteiger partial charge in [-0.3, -0.25) is 0 Å². The average molecular weight is 610 g/mol. The second kappa shape index (κ2) is 11.6. The lowest BCUT2D eigenvalue weighted by Crippen LogP contribution is -2.47. The lowest BCUT2D eigenvalue weighted by Gasteiger charge is -2.31. The van der Waals surface area contributed by atoms with Gasteiger partial charge in [-0.1, -0.05) is 71.2 Å². The lowest BCUT2D eigenvalue weighted by molar-refractivity contribution is -0.0948. The minimum absolute atomic E-state index is 0.0704. The first-order chi connectivity index (χ1) is 18.7. The summed E-state index contributed by atoms with van der Waals surface area (Å²) in [6, 6.07) is 12.0. The number of ether oxygens (including phenoxy) is 3. The van der Waals surface area contributed by atoms with E-state index in [9.17, 15) is 5.11 Å². The van der Waals surface area contributed by atoms with E-state index in [2.05, 4.69) is 16.5 Å². The van der Waals surface area contributed by atoms with Gasteiger partial charge in [-0.15, -0.1) is 0 Å². The summed E-state index contributed by atoms with van der Waals surface area (Å²) >= 11 is 24.7. The SMILES string of the molecule is C=C[C@@]1(O)[C@H](OCc2ccc(Cl)cc2Cl)[C@@H](COCc2ccc(Cl)cc2Cl)O[C@H]1n1ccc2c(N)ncnc21. The minimum atomic E-state index is -1.68. The number of nitrogens with zero attached hydrogens (tertiary/aromatic N) is 3. The van der Waals surface area contributed by atoms with Gasteiger partial charge in [-0.05, 0) is 41.5 Å². The minimum Gasteiger partial charge on any atom is -0.383 e. The topological polar surface area (TPSA) is 105 Å². The molecule has 3 heterocycles. The normalized spacial score (nSPS) is 22.9. The van der Waals surface area contributed by atoms with Gasteiger partial charge in [0.05, 0.1) is 25.2 Å². The van der Waals surface area contributed by atoms with Gasteiger partial charge in [0.15, 0.2) is 11.8 Å². The number of benzene rings is 2. The van der Waals surface area contributed by atoms with E-state index in [1.807, 2.05) is 0 Å². The summed E-state index contributed by atoms with van der Waals surface area (Å²) in [4.78, 5) is 8.38. The molecule has 5 rings (SSSR count). The highest BCUT2D eigenvalue weighted by Gasteiger charge is 2.56. The number of hydrogen-bond acceptors (Lipinski definition) is 7. The van der Waals surface area contributed by atoms with Crippen LogP contribution in [0.3, 0.4) is 0 Å². The van der Waals surface area contributed by atoms with Crippen molar-refractivity contribution in [3.8, 4) is 0 Å². The molecule has 0 radical (unpaired) electrons. The Morgan fingerprint density at radius 1 is 1.03 bits per heavy atom. The Hall–Kier alpha value is -2.40. The maximum atomic E-state index is 12.0. The van der Waals surface area contributed by atoms with Gasteiger partial charge in [-0.25, -0.2) is 9.97 Å². The number of nitrogen functional groups attached to an aromatic ring is 1. The molecule has 4 aromatic rings. The Balaban J connectivity index is 1.44. The molecule has 0 spiro atoms. The van der Waals surface area contributed by atoms with Gasteiger partial charge >= 0.3 is 0 Å². The molecule has 8 nitrogen and oxygen atoms in total. The van der Waals surface area contributed by atoms with Gasteiger partial charge in [-0.2, -0.15) is 0 Å². The van der Waals surface area contributed by atoms with Crippen LogP contribution in [0.2, 0.25) is 20.1 Å². The van der Waals surface area contributed by atoms with E-state index in [1.165, 1.54) is 12.4 Å². The Morgan fingerprint density at radius 3 is 2.33 bits per heavy atom. The number of fused-ring (bicyclic) bond motifs is 1. The van der Waals surface area contributed by atoms with Gasteiger partial charge in [0.25, 0.3) is 0 Å². The number of halogens is 4. The van der Waals surface area contributed by atoms with Crippen molar-refractivity contribution < 1.29 is 19.3 Å². The molecule has 12 heteroatoms. The summed E-state index contributed by atoms with van der Waals surface area (Å²) < 4.78 is 20.3. The predicted octanol–water partition coefficient (Wildman–Crippen LogP) is 6.24. The number of rotatable bonds is 9. The van der Waals surface area contributed by atoms with E-state index < -0.39 is 24.0 Å². The fourth-order valence-corrected chi connectivity index (χ4v) is 5.50. The molecule has 3 N–H and O–H groups in total. The molecule has 0 amide bonds. The largest absolute Gasteiger partial charge is 0.383 e. The first-order valence-electron chi connectivity index (χ1n) is 11.9. The molecule has 0 unspecified atom stereocenters. The lowest BCUT2D eigenvalue weighted by atomic mass is 9.93. The fraction of sp³-hybridized carbons (Fsp3) is 0.259. The zero-order valence-electron chi connectivity index (χ0n) is 20.4. The molecule has 204 valence electrons. The van der Waals surface area contributed by atoms with Crippen molar-refractivity contribution in [3.05, 3.63) is 98.9 Å². The van der Waals surface area contributed by atoms with Crippen LogP contribution in [0.25, 0.3) is 11.0 Å². The molecule has 4 atom stereocenters. The number of aliphatic hydroxyl groups is 1. The molecule has 0 saturated carbocycles. The third-order valence-corrected chi connectivity index (χ3v) is 7.77. The molecule has 2 aromatic heterocycles. The van der Waals surface area contributed by atoms with Crippen molar-refractivity contribution in [1.82, 2.24) is 14.5 Å². The maximum Gasteiger partial charge on any atom is 0.171 e. The first kappa shape index (κ1) is 28.1. The van der Waals surface area contributed by atoms with Gasteiger partial charge < -0.3 is 29.6 Å². The van der Waals surface area contributed by atoms with Crippen molar-refractivity contribution in [3.63, 3.8) is 0 Å². The van der Waals surface area contributed by atoms with Crippen molar-refractivity contribution >= 4 is 63.3 Å². The quantitative estimate of drug-likeness (QED) is 0.216. The van der Waals surface area contributed by atoms with Crippen LogP contribution in [-0.4, -0.2) is 44.1 Å². The third-order valence-electron chi connectivity index (χ3n) is 6.60. The predicted molar refractivity (Wildman–Crippen MR) is 152 cm³/mol. The van der Waals surface area contributed by atoms with E-state index >= 15 is 0 Å². The van der Waals surface area contributed by atoms with Crippen LogP contribution in [0.4, 0.5) is 5.82 Å². The average Bonchev–Trinajstić information content (AvgIpc) is 3.45. The Morgan fingerprint density at radius 2 is 1.69 bits per heavy atom. The zero-order chi connectivity index (χ0) is 27.7. The maximum absolute atomic E-state index is 12.0. The molecule has 1 fully saturated rings. The molecule has 1 aliphatic rings. The second-order valence-electron chi connectivity index (χ2n) is 9.06. The van der Waals surface area contributed by atoms with E-state index in [0.29, 0.717) is 42.5 Å². The van der Waals surface area contributed by atoms with Crippen molar-refractivity contribution in [2.45, 2.75) is 37.3 Å². The van der Waals surface area contributed by atoms with Crippen molar-refractivity contribution in [2.75, 3.05) is 12.3 Å². The Kier molecular flexibility index (Phi) is 8.37. The summed E-state index contributed by atoms with van der Waals surface area (Å²) in [5, 5.41) is 14.5. The first-order valence-corrected chi connectivity index (χ1v) is 13.4. The van der Waals surface area contributed by atoms with Crippen LogP contribution in [0.15, 0.2) is 67.6 Å². The van der Waals surface area contributed by atoms with Crippen molar-refractivity contribution in [1.29, 1.82) is 0 Å². The van der Waals surface area contributed by atoms with E-state index in [0.717, 1.165) is 5.56 Å². The van der Waals surface area contributed by atoms with Crippen LogP contribution < -0.4 is 5.73 Å². The Bertz CT molecular complexity index is 1520. The van der Waals surface area contributed by atoms with Crippen LogP contribution in [0.5, 0.6) is 0 Å². The highest BCUT2D eigenvalue weighted by molar-refractivity contribution is 6.35. The number of nitrogens with two attached hydrogens (primary N) is 1. The monoisotopic (exact) mass is 608 g/mol. The molecular formula is C27H24Cl4N4O4. The van der Waals surface area contributed by atoms with Crippen molar-refractivity contribution in [2.24, 2.45) is 0 Å². The summed E-state index contributed by atoms with van der Waals surface area (Å²) in [5.41, 5.74) is 6.28. The van der Waals surface area contributed by atoms with Crippen LogP contribution in [0, 0.1) is 0 Å².